The van der Waals surface area contributed by atoms with E-state index in [1.807, 2.05) is 26.0 Å². The van der Waals surface area contributed by atoms with Crippen molar-refractivity contribution in [2.75, 3.05) is 64.5 Å². The molecule has 1 aromatic heterocycles. The molecule has 0 saturated carbocycles. The number of hydrogen-bond acceptors (Lipinski definition) is 10. The first-order valence-corrected chi connectivity index (χ1v) is 24.8. The summed E-state index contributed by atoms with van der Waals surface area (Å²) in [5, 5.41) is 17.0. The summed E-state index contributed by atoms with van der Waals surface area (Å²) in [5.74, 6) is -3.14. The SMILES string of the molecule is C=CC(=O)N1CC[C@H](C(=O)N(C)[C@H](C(=O)N[C@@]2(C=C)Cc3cc(O)cc(c3)-c3ccc4c(c3)c(c(-c3ccccc3N3CCOCC3)n4CC)CC(C)(C)COC(=O)[C@@H]3CCCN(N3)C2=O)C(C)C)C1. The first-order chi connectivity index (χ1) is 33.5. The van der Waals surface area contributed by atoms with Crippen LogP contribution in [-0.2, 0) is 52.8 Å². The van der Waals surface area contributed by atoms with E-state index >= 15 is 4.79 Å². The van der Waals surface area contributed by atoms with E-state index in [2.05, 4.69) is 90.5 Å². The first-order valence-electron chi connectivity index (χ1n) is 24.8. The lowest BCUT2D eigenvalue weighted by Crippen LogP contribution is -2.67. The Morgan fingerprint density at radius 3 is 2.44 bits per heavy atom. The van der Waals surface area contributed by atoms with Gasteiger partial charge in [0.1, 0.15) is 23.4 Å². The third kappa shape index (κ3) is 9.96. The number of hydrazine groups is 1. The van der Waals surface area contributed by atoms with Gasteiger partial charge < -0.3 is 39.2 Å². The molecule has 8 rings (SSSR count). The number of nitrogens with one attached hydrogen (secondary N) is 2. The minimum Gasteiger partial charge on any atom is -0.508 e. The lowest BCUT2D eigenvalue weighted by Gasteiger charge is -2.41. The van der Waals surface area contributed by atoms with Gasteiger partial charge in [-0.2, -0.15) is 0 Å². The molecule has 3 N–H and O–H groups in total. The number of esters is 1. The van der Waals surface area contributed by atoms with E-state index in [4.69, 9.17) is 9.47 Å². The van der Waals surface area contributed by atoms with Crippen molar-refractivity contribution in [3.05, 3.63) is 97.1 Å². The van der Waals surface area contributed by atoms with E-state index in [0.29, 0.717) is 63.1 Å². The lowest BCUT2D eigenvalue weighted by atomic mass is 9.84. The Morgan fingerprint density at radius 1 is 0.971 bits per heavy atom. The maximum Gasteiger partial charge on any atom is 0.324 e. The van der Waals surface area contributed by atoms with Gasteiger partial charge in [-0.1, -0.05) is 70.7 Å². The molecule has 4 aliphatic heterocycles. The third-order valence-corrected chi connectivity index (χ3v) is 14.5. The third-order valence-electron chi connectivity index (χ3n) is 14.5. The van der Waals surface area contributed by atoms with Crippen LogP contribution in [0.15, 0.2) is 86.0 Å². The number of phenolic OH excluding ortho intramolecular Hbond substituents is 1. The Labute approximate surface area is 411 Å². The first kappa shape index (κ1) is 50.0. The molecule has 3 saturated heterocycles. The molecule has 5 heterocycles. The number of likely N-dealkylation sites (tertiary alicyclic amines) is 1. The average molecular weight is 956 g/mol. The van der Waals surface area contributed by atoms with Crippen LogP contribution in [0.3, 0.4) is 0 Å². The summed E-state index contributed by atoms with van der Waals surface area (Å²) < 4.78 is 14.3. The fourth-order valence-electron chi connectivity index (χ4n) is 11.0. The number of phenols is 1. The van der Waals surface area contributed by atoms with E-state index in [0.717, 1.165) is 52.1 Å². The smallest absolute Gasteiger partial charge is 0.324 e. The Morgan fingerprint density at radius 2 is 1.73 bits per heavy atom. The summed E-state index contributed by atoms with van der Waals surface area (Å²) in [6.07, 6.45) is 4.40. The zero-order chi connectivity index (χ0) is 50.1. The molecule has 0 unspecified atom stereocenters. The summed E-state index contributed by atoms with van der Waals surface area (Å²) in [4.78, 5) is 76.1. The van der Waals surface area contributed by atoms with Crippen molar-refractivity contribution in [2.24, 2.45) is 17.3 Å². The van der Waals surface area contributed by atoms with E-state index < -0.39 is 52.7 Å². The van der Waals surface area contributed by atoms with Crippen LogP contribution in [0.1, 0.15) is 65.0 Å². The number of carbonyl (C=O) groups excluding carboxylic acids is 5. The Hall–Kier alpha value is -6.45. The van der Waals surface area contributed by atoms with Crippen LogP contribution in [0, 0.1) is 17.3 Å². The summed E-state index contributed by atoms with van der Waals surface area (Å²) in [5.41, 5.74) is 8.33. The van der Waals surface area contributed by atoms with Crippen LogP contribution in [0.5, 0.6) is 5.75 Å². The number of rotatable bonds is 10. The molecule has 4 atom stereocenters. The summed E-state index contributed by atoms with van der Waals surface area (Å²) >= 11 is 0. The van der Waals surface area contributed by atoms with Crippen molar-refractivity contribution in [3.63, 3.8) is 0 Å². The second-order valence-electron chi connectivity index (χ2n) is 20.5. The zero-order valence-corrected chi connectivity index (χ0v) is 41.6. The molecule has 15 nitrogen and oxygen atoms in total. The number of carbonyl (C=O) groups is 5. The number of para-hydroxylation sites is 1. The number of morpholine rings is 1. The number of benzene rings is 3. The number of hydrogen-bond donors (Lipinski definition) is 3. The number of likely N-dealkylation sites (N-methyl/N-ethyl adjacent to an activating group) is 1. The van der Waals surface area contributed by atoms with E-state index in [-0.39, 0.29) is 43.7 Å². The van der Waals surface area contributed by atoms with Crippen molar-refractivity contribution < 1.29 is 38.6 Å². The highest BCUT2D eigenvalue weighted by atomic mass is 16.5. The molecule has 0 spiro atoms. The van der Waals surface area contributed by atoms with Crippen LogP contribution in [0.2, 0.25) is 0 Å². The molecule has 372 valence electrons. The Balaban J connectivity index is 1.24. The highest BCUT2D eigenvalue weighted by molar-refractivity contribution is 5.99. The molecule has 0 aliphatic carbocycles. The number of amides is 4. The van der Waals surface area contributed by atoms with Gasteiger partial charge in [0.2, 0.25) is 17.7 Å². The predicted molar refractivity (Wildman–Crippen MR) is 271 cm³/mol. The number of fused-ring (bicyclic) bond motifs is 6. The Bertz CT molecular complexity index is 2690. The highest BCUT2D eigenvalue weighted by Gasteiger charge is 2.46. The van der Waals surface area contributed by atoms with Crippen molar-refractivity contribution >= 4 is 46.2 Å². The number of aryl methyl sites for hydroxylation is 1. The highest BCUT2D eigenvalue weighted by Crippen LogP contribution is 2.43. The molecule has 15 heteroatoms. The number of aromatic nitrogens is 1. The van der Waals surface area contributed by atoms with E-state index in [1.54, 1.807) is 24.1 Å². The number of ether oxygens (including phenoxy) is 2. The standard InChI is InChI=1S/C55H69N7O8/c1-9-47(64)60-22-20-38(33-60)51(66)58(8)48(35(4)5)50(65)56-55(10-2)31-36-27-39(29-40(63)28-36)37-18-19-46-42(30-37)43(32-54(6,7)34-70-52(67)44-16-14-21-62(57-44)53(55)68)49(61(46)11-3)41-15-12-13-17-45(41)59-23-25-69-26-24-59/h9-10,12-13,15,17-19,27-30,35,38,44,48,57,63H,1-2,11,14,16,20-26,31-34H2,3-8H3,(H,56,65)/t38-,44-,48-,55-/m0/s1. The molecule has 4 aliphatic rings. The van der Waals surface area contributed by atoms with Crippen molar-refractivity contribution in [2.45, 2.75) is 90.9 Å². The van der Waals surface area contributed by atoms with Crippen LogP contribution in [0.25, 0.3) is 33.3 Å². The lowest BCUT2D eigenvalue weighted by molar-refractivity contribution is -0.156. The summed E-state index contributed by atoms with van der Waals surface area (Å²) in [7, 11) is 1.57. The molecular weight excluding hydrogens is 887 g/mol. The van der Waals surface area contributed by atoms with Gasteiger partial charge in [0, 0.05) is 80.3 Å². The summed E-state index contributed by atoms with van der Waals surface area (Å²) in [6, 6.07) is 18.2. The van der Waals surface area contributed by atoms with E-state index in [9.17, 15) is 24.3 Å². The zero-order valence-electron chi connectivity index (χ0n) is 41.6. The fraction of sp³-hybridized carbons (Fsp3) is 0.473. The quantitative estimate of drug-likeness (QED) is 0.0939. The second kappa shape index (κ2) is 20.5. The second-order valence-corrected chi connectivity index (χ2v) is 20.5. The minimum atomic E-state index is -1.83. The maximum atomic E-state index is 15.2. The van der Waals surface area contributed by atoms with Crippen LogP contribution in [-0.4, -0.2) is 131 Å². The van der Waals surface area contributed by atoms with Crippen LogP contribution in [0.4, 0.5) is 5.69 Å². The largest absolute Gasteiger partial charge is 0.508 e. The Kier molecular flexibility index (Phi) is 14.6. The normalized spacial score (nSPS) is 22.3. The van der Waals surface area contributed by atoms with Crippen LogP contribution >= 0.6 is 0 Å². The number of nitrogens with zero attached hydrogens (tertiary/aromatic N) is 5. The number of cyclic esters (lactones) is 1. The minimum absolute atomic E-state index is 0.0313. The topological polar surface area (TPSA) is 166 Å². The predicted octanol–water partition coefficient (Wildman–Crippen LogP) is 6.26. The molecule has 0 radical (unpaired) electrons. The van der Waals surface area contributed by atoms with Crippen molar-refractivity contribution in [1.29, 1.82) is 0 Å². The van der Waals surface area contributed by atoms with Crippen molar-refractivity contribution in [3.8, 4) is 28.1 Å². The molecule has 4 aromatic rings. The molecule has 70 heavy (non-hydrogen) atoms. The molecule has 3 fully saturated rings. The van der Waals surface area contributed by atoms with Gasteiger partial charge in [0.15, 0.2) is 0 Å². The van der Waals surface area contributed by atoms with Crippen molar-refractivity contribution in [1.82, 2.24) is 30.1 Å². The average Bonchev–Trinajstić information content (AvgIpc) is 3.97. The van der Waals surface area contributed by atoms with Crippen LogP contribution < -0.4 is 15.6 Å². The molecule has 4 amide bonds. The van der Waals surface area contributed by atoms with E-state index in [1.165, 1.54) is 22.1 Å². The van der Waals surface area contributed by atoms with Gasteiger partial charge in [-0.15, -0.1) is 6.58 Å². The van der Waals surface area contributed by atoms with Gasteiger partial charge in [0.25, 0.3) is 5.91 Å². The monoisotopic (exact) mass is 956 g/mol. The van der Waals surface area contributed by atoms with Gasteiger partial charge in [-0.25, -0.2) is 5.43 Å². The molecular formula is C55H69N7O8. The summed E-state index contributed by atoms with van der Waals surface area (Å²) in [6.45, 7) is 22.2. The number of anilines is 1. The van der Waals surface area contributed by atoms with Gasteiger partial charge in [0.05, 0.1) is 31.4 Å². The maximum absolute atomic E-state index is 15.2. The molecule has 6 bridgehead atoms. The van der Waals surface area contributed by atoms with Gasteiger partial charge >= 0.3 is 5.97 Å². The molecule has 3 aromatic carbocycles. The fourth-order valence-corrected chi connectivity index (χ4v) is 11.0. The number of aromatic hydroxyl groups is 1. The van der Waals surface area contributed by atoms with Gasteiger partial charge in [-0.05, 0) is 97.2 Å². The van der Waals surface area contributed by atoms with Gasteiger partial charge in [-0.3, -0.25) is 29.0 Å².